The Morgan fingerprint density at radius 2 is 1.74 bits per heavy atom. The van der Waals surface area contributed by atoms with Gasteiger partial charge in [-0.25, -0.2) is 4.98 Å². The van der Waals surface area contributed by atoms with Crippen LogP contribution < -0.4 is 10.2 Å². The molecule has 1 aromatic heterocycles. The largest absolute Gasteiger partial charge is 0.436 e. The Labute approximate surface area is 160 Å². The van der Waals surface area contributed by atoms with Crippen molar-refractivity contribution >= 4 is 28.4 Å². The summed E-state index contributed by atoms with van der Waals surface area (Å²) >= 11 is 0. The number of hydrogen-bond acceptors (Lipinski definition) is 4. The maximum absolute atomic E-state index is 12.2. The Morgan fingerprint density at radius 3 is 2.33 bits per heavy atom. The minimum absolute atomic E-state index is 0.0300. The summed E-state index contributed by atoms with van der Waals surface area (Å²) in [6, 6.07) is 13.8. The van der Waals surface area contributed by atoms with Crippen molar-refractivity contribution in [3.63, 3.8) is 0 Å². The maximum atomic E-state index is 12.2. The molecule has 5 heteroatoms. The van der Waals surface area contributed by atoms with Gasteiger partial charge in [0.2, 0.25) is 11.8 Å². The quantitative estimate of drug-likeness (QED) is 0.664. The third-order valence-electron chi connectivity index (χ3n) is 4.57. The van der Waals surface area contributed by atoms with Gasteiger partial charge in [0.1, 0.15) is 5.52 Å². The Bertz CT molecular complexity index is 932. The second-order valence-electron chi connectivity index (χ2n) is 7.62. The van der Waals surface area contributed by atoms with Gasteiger partial charge in [0.05, 0.1) is 0 Å². The van der Waals surface area contributed by atoms with Gasteiger partial charge in [-0.2, -0.15) is 0 Å². The average molecular weight is 365 g/mol. The summed E-state index contributed by atoms with van der Waals surface area (Å²) in [4.78, 5) is 19.1. The van der Waals surface area contributed by atoms with Crippen LogP contribution in [0.25, 0.3) is 22.6 Å². The van der Waals surface area contributed by atoms with Crippen LogP contribution in [-0.2, 0) is 4.79 Å². The fraction of sp³-hybridized carbons (Fsp3) is 0.364. The van der Waals surface area contributed by atoms with Crippen molar-refractivity contribution in [2.45, 2.75) is 34.6 Å². The first kappa shape index (κ1) is 19.0. The second kappa shape index (κ2) is 7.43. The molecule has 0 unspecified atom stereocenters. The number of hydrogen-bond donors (Lipinski definition) is 1. The smallest absolute Gasteiger partial charge is 0.229 e. The molecule has 0 atom stereocenters. The first-order chi connectivity index (χ1) is 12.8. The zero-order chi connectivity index (χ0) is 19.6. The zero-order valence-electron chi connectivity index (χ0n) is 16.7. The Balaban J connectivity index is 1.85. The molecule has 0 bridgehead atoms. The summed E-state index contributed by atoms with van der Waals surface area (Å²) in [5.41, 5.74) is 3.82. The molecule has 3 rings (SSSR count). The third-order valence-corrected chi connectivity index (χ3v) is 4.57. The number of anilines is 2. The Kier molecular flexibility index (Phi) is 5.22. The number of amides is 1. The fourth-order valence-electron chi connectivity index (χ4n) is 2.85. The van der Waals surface area contributed by atoms with Crippen LogP contribution >= 0.6 is 0 Å². The zero-order valence-corrected chi connectivity index (χ0v) is 16.7. The minimum atomic E-state index is -0.448. The van der Waals surface area contributed by atoms with Gasteiger partial charge in [-0.15, -0.1) is 0 Å². The van der Waals surface area contributed by atoms with Crippen molar-refractivity contribution in [2.24, 2.45) is 5.41 Å². The molecule has 1 N–H and O–H groups in total. The average Bonchev–Trinajstić information content (AvgIpc) is 3.06. The fourth-order valence-corrected chi connectivity index (χ4v) is 2.85. The first-order valence-electron chi connectivity index (χ1n) is 9.39. The molecule has 3 aromatic rings. The molecule has 0 aliphatic rings. The van der Waals surface area contributed by atoms with Crippen LogP contribution in [0.1, 0.15) is 34.6 Å². The number of benzene rings is 2. The van der Waals surface area contributed by atoms with Gasteiger partial charge in [-0.3, -0.25) is 4.79 Å². The predicted octanol–water partition coefficient (Wildman–Crippen LogP) is 5.33. The van der Waals surface area contributed by atoms with Crippen molar-refractivity contribution in [1.82, 2.24) is 4.98 Å². The lowest BCUT2D eigenvalue weighted by molar-refractivity contribution is -0.123. The van der Waals surface area contributed by atoms with Crippen molar-refractivity contribution in [3.8, 4) is 11.5 Å². The number of nitrogens with one attached hydrogen (secondary N) is 1. The number of nitrogens with zero attached hydrogens (tertiary/aromatic N) is 2. The highest BCUT2D eigenvalue weighted by molar-refractivity contribution is 5.96. The van der Waals surface area contributed by atoms with Crippen LogP contribution in [0.5, 0.6) is 0 Å². The Hall–Kier alpha value is -2.82. The molecular weight excluding hydrogens is 338 g/mol. The highest BCUT2D eigenvalue weighted by Crippen LogP contribution is 2.28. The summed E-state index contributed by atoms with van der Waals surface area (Å²) in [6.07, 6.45) is 0. The van der Waals surface area contributed by atoms with E-state index in [1.807, 2.05) is 51.1 Å². The topological polar surface area (TPSA) is 58.4 Å². The summed E-state index contributed by atoms with van der Waals surface area (Å²) < 4.78 is 5.90. The molecule has 1 amide bonds. The minimum Gasteiger partial charge on any atom is -0.436 e. The molecule has 0 aliphatic heterocycles. The summed E-state index contributed by atoms with van der Waals surface area (Å²) in [5, 5.41) is 2.93. The van der Waals surface area contributed by atoms with E-state index in [0.29, 0.717) is 11.5 Å². The molecule has 0 saturated heterocycles. The maximum Gasteiger partial charge on any atom is 0.229 e. The van der Waals surface area contributed by atoms with Gasteiger partial charge in [-0.05, 0) is 56.3 Å². The standard InChI is InChI=1S/C22H27N3O2/c1-6-25(7-2)17-11-8-15(9-12-17)20-24-18-14-16(10-13-19(18)27-20)23-21(26)22(3,4)5/h8-14H,6-7H2,1-5H3,(H,23,26). The van der Waals surface area contributed by atoms with Gasteiger partial charge in [0, 0.05) is 35.4 Å². The molecule has 1 heterocycles. The lowest BCUT2D eigenvalue weighted by Crippen LogP contribution is -2.27. The van der Waals surface area contributed by atoms with Crippen LogP contribution in [0.15, 0.2) is 46.9 Å². The van der Waals surface area contributed by atoms with E-state index >= 15 is 0 Å². The van der Waals surface area contributed by atoms with E-state index in [1.54, 1.807) is 0 Å². The first-order valence-corrected chi connectivity index (χ1v) is 9.39. The van der Waals surface area contributed by atoms with Crippen LogP contribution in [0, 0.1) is 5.41 Å². The van der Waals surface area contributed by atoms with Crippen LogP contribution in [0.4, 0.5) is 11.4 Å². The number of carbonyl (C=O) groups excluding carboxylic acids is 1. The van der Waals surface area contributed by atoms with E-state index in [1.165, 1.54) is 5.69 Å². The monoisotopic (exact) mass is 365 g/mol. The summed E-state index contributed by atoms with van der Waals surface area (Å²) in [7, 11) is 0. The number of fused-ring (bicyclic) bond motifs is 1. The van der Waals surface area contributed by atoms with Crippen LogP contribution in [0.3, 0.4) is 0 Å². The van der Waals surface area contributed by atoms with Gasteiger partial charge in [-0.1, -0.05) is 20.8 Å². The summed E-state index contributed by atoms with van der Waals surface area (Å²) in [6.45, 7) is 11.9. The van der Waals surface area contributed by atoms with Gasteiger partial charge in [0.25, 0.3) is 0 Å². The lowest BCUT2D eigenvalue weighted by Gasteiger charge is -2.20. The number of rotatable bonds is 5. The molecule has 0 radical (unpaired) electrons. The Morgan fingerprint density at radius 1 is 1.07 bits per heavy atom. The molecule has 0 aliphatic carbocycles. The molecule has 0 saturated carbocycles. The van der Waals surface area contributed by atoms with E-state index in [-0.39, 0.29) is 5.91 Å². The van der Waals surface area contributed by atoms with E-state index in [2.05, 4.69) is 41.2 Å². The third kappa shape index (κ3) is 4.13. The van der Waals surface area contributed by atoms with Gasteiger partial charge >= 0.3 is 0 Å². The highest BCUT2D eigenvalue weighted by atomic mass is 16.3. The van der Waals surface area contributed by atoms with E-state index < -0.39 is 5.41 Å². The lowest BCUT2D eigenvalue weighted by atomic mass is 9.95. The predicted molar refractivity (Wildman–Crippen MR) is 111 cm³/mol. The number of oxazole rings is 1. The molecule has 27 heavy (non-hydrogen) atoms. The molecule has 0 fully saturated rings. The normalized spacial score (nSPS) is 11.6. The SMILES string of the molecule is CCN(CC)c1ccc(-c2nc3cc(NC(=O)C(C)(C)C)ccc3o2)cc1. The van der Waals surface area contributed by atoms with Crippen LogP contribution in [-0.4, -0.2) is 24.0 Å². The number of carbonyl (C=O) groups is 1. The molecule has 5 nitrogen and oxygen atoms in total. The van der Waals surface area contributed by atoms with Crippen molar-refractivity contribution in [2.75, 3.05) is 23.3 Å². The van der Waals surface area contributed by atoms with Crippen molar-refractivity contribution < 1.29 is 9.21 Å². The number of aromatic nitrogens is 1. The van der Waals surface area contributed by atoms with Crippen LogP contribution in [0.2, 0.25) is 0 Å². The molecule has 0 spiro atoms. The second-order valence-corrected chi connectivity index (χ2v) is 7.62. The van der Waals surface area contributed by atoms with Crippen molar-refractivity contribution in [1.29, 1.82) is 0 Å². The van der Waals surface area contributed by atoms with Gasteiger partial charge < -0.3 is 14.6 Å². The van der Waals surface area contributed by atoms with Gasteiger partial charge in [0.15, 0.2) is 5.58 Å². The van der Waals surface area contributed by atoms with E-state index in [9.17, 15) is 4.79 Å². The van der Waals surface area contributed by atoms with E-state index in [0.717, 1.165) is 29.9 Å². The van der Waals surface area contributed by atoms with Crippen molar-refractivity contribution in [3.05, 3.63) is 42.5 Å². The molecule has 2 aromatic carbocycles. The molecule has 142 valence electrons. The summed E-state index contributed by atoms with van der Waals surface area (Å²) in [5.74, 6) is 0.549. The molecular formula is C22H27N3O2. The van der Waals surface area contributed by atoms with E-state index in [4.69, 9.17) is 4.42 Å². The highest BCUT2D eigenvalue weighted by Gasteiger charge is 2.21.